The average molecular weight is 264 g/mol. The van der Waals surface area contributed by atoms with Gasteiger partial charge in [-0.25, -0.2) is 9.97 Å². The number of fused-ring (bicyclic) bond motifs is 1. The van der Waals surface area contributed by atoms with Crippen LogP contribution in [0.4, 0.5) is 5.82 Å². The van der Waals surface area contributed by atoms with Crippen molar-refractivity contribution in [1.29, 1.82) is 0 Å². The average Bonchev–Trinajstić information content (AvgIpc) is 2.65. The number of hydrogen-bond acceptors (Lipinski definition) is 5. The largest absolute Gasteiger partial charge is 0.358 e. The maximum atomic E-state index is 11.4. The van der Waals surface area contributed by atoms with Crippen LogP contribution in [0.2, 0.25) is 0 Å². The second-order valence-corrected chi connectivity index (χ2v) is 5.39. The fourth-order valence-electron chi connectivity index (χ4n) is 1.82. The van der Waals surface area contributed by atoms with Crippen molar-refractivity contribution in [2.45, 2.75) is 13.8 Å². The zero-order chi connectivity index (χ0) is 13.3. The molecule has 0 aliphatic rings. The first kappa shape index (κ1) is 12.8. The fourth-order valence-corrected chi connectivity index (χ4v) is 2.81. The first-order valence-corrected chi connectivity index (χ1v) is 6.48. The van der Waals surface area contributed by atoms with E-state index in [1.165, 1.54) is 10.4 Å². The highest BCUT2D eigenvalue weighted by atomic mass is 32.1. The molecule has 5 nitrogen and oxygen atoms in total. The summed E-state index contributed by atoms with van der Waals surface area (Å²) in [7, 11) is 3.50. The number of aryl methyl sites for hydroxylation is 2. The zero-order valence-corrected chi connectivity index (χ0v) is 11.8. The molecule has 2 aromatic rings. The zero-order valence-electron chi connectivity index (χ0n) is 10.9. The lowest BCUT2D eigenvalue weighted by atomic mass is 10.2. The molecule has 0 spiro atoms. The van der Waals surface area contributed by atoms with E-state index < -0.39 is 0 Å². The third-order valence-electron chi connectivity index (χ3n) is 2.97. The van der Waals surface area contributed by atoms with Crippen molar-refractivity contribution < 1.29 is 4.79 Å². The molecule has 1 amide bonds. The Kier molecular flexibility index (Phi) is 3.47. The Bertz CT molecular complexity index is 593. The molecule has 18 heavy (non-hydrogen) atoms. The van der Waals surface area contributed by atoms with E-state index in [2.05, 4.69) is 29.1 Å². The minimum absolute atomic E-state index is 0.0335. The van der Waals surface area contributed by atoms with Gasteiger partial charge in [-0.1, -0.05) is 0 Å². The van der Waals surface area contributed by atoms with Crippen LogP contribution in [0, 0.1) is 13.8 Å². The van der Waals surface area contributed by atoms with Crippen LogP contribution in [0.25, 0.3) is 10.2 Å². The lowest BCUT2D eigenvalue weighted by Gasteiger charge is -2.17. The molecule has 0 saturated heterocycles. The van der Waals surface area contributed by atoms with Gasteiger partial charge in [-0.2, -0.15) is 0 Å². The number of carbonyl (C=O) groups is 1. The quantitative estimate of drug-likeness (QED) is 0.912. The summed E-state index contributed by atoms with van der Waals surface area (Å²) in [4.78, 5) is 24.1. The number of anilines is 1. The molecule has 0 aliphatic heterocycles. The van der Waals surface area contributed by atoms with Crippen LogP contribution in [0.3, 0.4) is 0 Å². The van der Waals surface area contributed by atoms with Crippen LogP contribution in [0.15, 0.2) is 6.33 Å². The van der Waals surface area contributed by atoms with E-state index in [-0.39, 0.29) is 12.5 Å². The highest BCUT2D eigenvalue weighted by molar-refractivity contribution is 7.18. The Morgan fingerprint density at radius 1 is 1.44 bits per heavy atom. The number of aromatic nitrogens is 2. The topological polar surface area (TPSA) is 58.1 Å². The number of likely N-dealkylation sites (N-methyl/N-ethyl adjacent to an activating group) is 2. The molecule has 0 aromatic carbocycles. The molecular formula is C12H16N4OS. The highest BCUT2D eigenvalue weighted by Crippen LogP contribution is 2.33. The van der Waals surface area contributed by atoms with Gasteiger partial charge in [-0.3, -0.25) is 4.79 Å². The smallest absolute Gasteiger partial charge is 0.239 e. The minimum atomic E-state index is -0.0335. The van der Waals surface area contributed by atoms with Crippen LogP contribution < -0.4 is 10.2 Å². The molecular weight excluding hydrogens is 248 g/mol. The number of nitrogens with zero attached hydrogens (tertiary/aromatic N) is 3. The van der Waals surface area contributed by atoms with Crippen LogP contribution in [-0.2, 0) is 4.79 Å². The van der Waals surface area contributed by atoms with Gasteiger partial charge in [0.25, 0.3) is 0 Å². The standard InChI is InChI=1S/C12H16N4OS/c1-7-8(2)18-12-10(7)11(14-6-15-12)16(4)5-9(17)13-3/h6H,5H2,1-4H3,(H,13,17). The normalized spacial score (nSPS) is 10.7. The van der Waals surface area contributed by atoms with Crippen molar-refractivity contribution >= 4 is 33.3 Å². The second kappa shape index (κ2) is 4.89. The number of hydrogen-bond donors (Lipinski definition) is 1. The predicted octanol–water partition coefficient (Wildman–Crippen LogP) is 1.49. The van der Waals surface area contributed by atoms with Crippen LogP contribution in [0.5, 0.6) is 0 Å². The molecule has 1 N–H and O–H groups in total. The number of nitrogens with one attached hydrogen (secondary N) is 1. The van der Waals surface area contributed by atoms with Crippen molar-refractivity contribution in [3.8, 4) is 0 Å². The molecule has 0 aliphatic carbocycles. The fraction of sp³-hybridized carbons (Fsp3) is 0.417. The van der Waals surface area contributed by atoms with Crippen molar-refractivity contribution in [3.05, 3.63) is 16.8 Å². The van der Waals surface area contributed by atoms with Crippen molar-refractivity contribution in [2.75, 3.05) is 25.5 Å². The summed E-state index contributed by atoms with van der Waals surface area (Å²) in [6.45, 7) is 4.43. The summed E-state index contributed by atoms with van der Waals surface area (Å²) in [5.74, 6) is 0.777. The van der Waals surface area contributed by atoms with E-state index in [0.717, 1.165) is 16.0 Å². The molecule has 0 fully saturated rings. The lowest BCUT2D eigenvalue weighted by Crippen LogP contribution is -2.33. The SMILES string of the molecule is CNC(=O)CN(C)c1ncnc2sc(C)c(C)c12. The molecule has 0 saturated carbocycles. The van der Waals surface area contributed by atoms with Gasteiger partial charge < -0.3 is 10.2 Å². The molecule has 2 rings (SSSR count). The lowest BCUT2D eigenvalue weighted by molar-refractivity contribution is -0.119. The van der Waals surface area contributed by atoms with Gasteiger partial charge >= 0.3 is 0 Å². The van der Waals surface area contributed by atoms with E-state index in [0.29, 0.717) is 0 Å². The summed E-state index contributed by atoms with van der Waals surface area (Å²) >= 11 is 1.66. The van der Waals surface area contributed by atoms with Gasteiger partial charge in [-0.05, 0) is 19.4 Å². The third-order valence-corrected chi connectivity index (χ3v) is 4.08. The Morgan fingerprint density at radius 3 is 2.83 bits per heavy atom. The summed E-state index contributed by atoms with van der Waals surface area (Å²) < 4.78 is 0. The monoisotopic (exact) mass is 264 g/mol. The Balaban J connectivity index is 2.47. The number of thiophene rings is 1. The van der Waals surface area contributed by atoms with Crippen LogP contribution in [-0.4, -0.2) is 36.5 Å². The minimum Gasteiger partial charge on any atom is -0.358 e. The van der Waals surface area contributed by atoms with Gasteiger partial charge in [0.05, 0.1) is 11.9 Å². The molecule has 2 aromatic heterocycles. The Morgan fingerprint density at radius 2 is 2.17 bits per heavy atom. The van der Waals surface area contributed by atoms with E-state index in [1.807, 2.05) is 11.9 Å². The first-order chi connectivity index (χ1) is 8.54. The van der Waals surface area contributed by atoms with E-state index in [4.69, 9.17) is 0 Å². The molecule has 6 heteroatoms. The summed E-state index contributed by atoms with van der Waals surface area (Å²) in [6.07, 6.45) is 1.55. The predicted molar refractivity (Wildman–Crippen MR) is 74.2 cm³/mol. The molecule has 0 bridgehead atoms. The molecule has 0 atom stereocenters. The van der Waals surface area contributed by atoms with Gasteiger partial charge in [0.1, 0.15) is 17.0 Å². The summed E-state index contributed by atoms with van der Waals surface area (Å²) in [5.41, 5.74) is 1.19. The van der Waals surface area contributed by atoms with Crippen molar-refractivity contribution in [3.63, 3.8) is 0 Å². The number of rotatable bonds is 3. The number of amides is 1. The summed E-state index contributed by atoms with van der Waals surface area (Å²) in [5, 5.41) is 3.66. The van der Waals surface area contributed by atoms with Crippen molar-refractivity contribution in [1.82, 2.24) is 15.3 Å². The van der Waals surface area contributed by atoms with Gasteiger partial charge in [0.2, 0.25) is 5.91 Å². The summed E-state index contributed by atoms with van der Waals surface area (Å²) in [6, 6.07) is 0. The maximum absolute atomic E-state index is 11.4. The maximum Gasteiger partial charge on any atom is 0.239 e. The number of carbonyl (C=O) groups excluding carboxylic acids is 1. The second-order valence-electron chi connectivity index (χ2n) is 4.19. The molecule has 96 valence electrons. The van der Waals surface area contributed by atoms with Gasteiger partial charge in [-0.15, -0.1) is 11.3 Å². The van der Waals surface area contributed by atoms with E-state index >= 15 is 0 Å². The molecule has 0 radical (unpaired) electrons. The highest BCUT2D eigenvalue weighted by Gasteiger charge is 2.16. The van der Waals surface area contributed by atoms with E-state index in [9.17, 15) is 4.79 Å². The van der Waals surface area contributed by atoms with Crippen LogP contribution >= 0.6 is 11.3 Å². The van der Waals surface area contributed by atoms with Gasteiger partial charge in [0, 0.05) is 19.0 Å². The van der Waals surface area contributed by atoms with Crippen LogP contribution in [0.1, 0.15) is 10.4 Å². The molecule has 0 unspecified atom stereocenters. The first-order valence-electron chi connectivity index (χ1n) is 5.67. The Hall–Kier alpha value is -1.69. The molecule has 2 heterocycles. The van der Waals surface area contributed by atoms with Gasteiger partial charge in [0.15, 0.2) is 0 Å². The third kappa shape index (κ3) is 2.15. The Labute approximate surface area is 110 Å². The van der Waals surface area contributed by atoms with E-state index in [1.54, 1.807) is 24.7 Å². The van der Waals surface area contributed by atoms with Crippen molar-refractivity contribution in [2.24, 2.45) is 0 Å².